The summed E-state index contributed by atoms with van der Waals surface area (Å²) in [6.07, 6.45) is 0. The Morgan fingerprint density at radius 2 is 1.48 bits per heavy atom. The Bertz CT molecular complexity index is 1220. The average Bonchev–Trinajstić information content (AvgIpc) is 3.05. The summed E-state index contributed by atoms with van der Waals surface area (Å²) in [5.41, 5.74) is 3.17. The molecule has 4 rings (SSSR count). The van der Waals surface area contributed by atoms with Crippen LogP contribution in [0.1, 0.15) is 18.1 Å². The molecule has 0 saturated carbocycles. The zero-order chi connectivity index (χ0) is 23.4. The van der Waals surface area contributed by atoms with Crippen molar-refractivity contribution in [3.05, 3.63) is 95.7 Å². The van der Waals surface area contributed by atoms with Crippen LogP contribution in [0.4, 0.5) is 11.4 Å². The van der Waals surface area contributed by atoms with E-state index in [1.165, 1.54) is 11.8 Å². The number of hydrogen-bond donors (Lipinski definition) is 2. The van der Waals surface area contributed by atoms with Crippen molar-refractivity contribution in [1.82, 2.24) is 4.90 Å². The van der Waals surface area contributed by atoms with Gasteiger partial charge in [-0.2, -0.15) is 0 Å². The molecule has 0 saturated heterocycles. The van der Waals surface area contributed by atoms with E-state index in [-0.39, 0.29) is 29.6 Å². The predicted octanol–water partition coefficient (Wildman–Crippen LogP) is 4.05. The SMILES string of the molecule is COc1ccc(NC2=C(c3ccc(NC(C)=O)cc3)C(=O)N(Cc3ccccc3)C2=O)cc1. The summed E-state index contributed by atoms with van der Waals surface area (Å²) in [6.45, 7) is 1.59. The highest BCUT2D eigenvalue weighted by molar-refractivity contribution is 6.36. The molecule has 0 radical (unpaired) electrons. The lowest BCUT2D eigenvalue weighted by Gasteiger charge is -2.15. The van der Waals surface area contributed by atoms with Crippen LogP contribution in [-0.2, 0) is 20.9 Å². The molecular weight excluding hydrogens is 418 g/mol. The average molecular weight is 441 g/mol. The maximum absolute atomic E-state index is 13.4. The van der Waals surface area contributed by atoms with Crippen LogP contribution in [0.2, 0.25) is 0 Å². The molecule has 33 heavy (non-hydrogen) atoms. The minimum Gasteiger partial charge on any atom is -0.497 e. The maximum atomic E-state index is 13.4. The van der Waals surface area contributed by atoms with E-state index in [9.17, 15) is 14.4 Å². The van der Waals surface area contributed by atoms with Gasteiger partial charge in [0.1, 0.15) is 11.4 Å². The zero-order valence-electron chi connectivity index (χ0n) is 18.3. The Kier molecular flexibility index (Phi) is 6.22. The van der Waals surface area contributed by atoms with Crippen molar-refractivity contribution >= 4 is 34.7 Å². The van der Waals surface area contributed by atoms with Crippen molar-refractivity contribution in [2.45, 2.75) is 13.5 Å². The lowest BCUT2D eigenvalue weighted by atomic mass is 10.0. The van der Waals surface area contributed by atoms with Crippen molar-refractivity contribution < 1.29 is 19.1 Å². The molecule has 1 aliphatic heterocycles. The van der Waals surface area contributed by atoms with E-state index in [0.29, 0.717) is 22.7 Å². The van der Waals surface area contributed by atoms with E-state index in [0.717, 1.165) is 5.56 Å². The highest BCUT2D eigenvalue weighted by Crippen LogP contribution is 2.32. The molecule has 0 aliphatic carbocycles. The van der Waals surface area contributed by atoms with Gasteiger partial charge < -0.3 is 15.4 Å². The van der Waals surface area contributed by atoms with Crippen molar-refractivity contribution in [2.75, 3.05) is 17.7 Å². The van der Waals surface area contributed by atoms with Crippen molar-refractivity contribution in [3.63, 3.8) is 0 Å². The van der Waals surface area contributed by atoms with Gasteiger partial charge in [-0.25, -0.2) is 0 Å². The van der Waals surface area contributed by atoms with Crippen LogP contribution in [0.5, 0.6) is 5.75 Å². The van der Waals surface area contributed by atoms with Gasteiger partial charge in [0, 0.05) is 18.3 Å². The highest BCUT2D eigenvalue weighted by Gasteiger charge is 2.39. The summed E-state index contributed by atoms with van der Waals surface area (Å²) >= 11 is 0. The number of nitrogens with one attached hydrogen (secondary N) is 2. The first-order valence-electron chi connectivity index (χ1n) is 10.4. The van der Waals surface area contributed by atoms with E-state index >= 15 is 0 Å². The molecule has 3 aromatic rings. The number of nitrogens with zero attached hydrogens (tertiary/aromatic N) is 1. The number of amides is 3. The summed E-state index contributed by atoms with van der Waals surface area (Å²) in [4.78, 5) is 39.3. The molecule has 3 amide bonds. The standard InChI is InChI=1S/C26H23N3O4/c1-17(30)27-20-10-8-19(9-11-20)23-24(28-21-12-14-22(33-2)15-13-21)26(32)29(25(23)31)16-18-6-4-3-5-7-18/h3-15,28H,16H2,1-2H3,(H,27,30). The molecule has 0 aromatic heterocycles. The maximum Gasteiger partial charge on any atom is 0.278 e. The molecular formula is C26H23N3O4. The van der Waals surface area contributed by atoms with Gasteiger partial charge >= 0.3 is 0 Å². The Balaban J connectivity index is 1.70. The molecule has 1 aliphatic rings. The normalized spacial score (nSPS) is 13.3. The quantitative estimate of drug-likeness (QED) is 0.540. The first-order chi connectivity index (χ1) is 16.0. The van der Waals surface area contributed by atoms with Crippen LogP contribution in [-0.4, -0.2) is 29.7 Å². The molecule has 166 valence electrons. The van der Waals surface area contributed by atoms with E-state index in [2.05, 4.69) is 10.6 Å². The molecule has 2 N–H and O–H groups in total. The topological polar surface area (TPSA) is 87.7 Å². The summed E-state index contributed by atoms with van der Waals surface area (Å²) in [7, 11) is 1.58. The fourth-order valence-electron chi connectivity index (χ4n) is 3.61. The third-order valence-corrected chi connectivity index (χ3v) is 5.20. The van der Waals surface area contributed by atoms with Crippen LogP contribution in [0, 0.1) is 0 Å². The minimum atomic E-state index is -0.402. The van der Waals surface area contributed by atoms with Crippen molar-refractivity contribution in [3.8, 4) is 5.75 Å². The summed E-state index contributed by atoms with van der Waals surface area (Å²) in [5.74, 6) is -0.291. The molecule has 7 nitrogen and oxygen atoms in total. The van der Waals surface area contributed by atoms with E-state index in [4.69, 9.17) is 4.74 Å². The second-order valence-electron chi connectivity index (χ2n) is 7.54. The number of anilines is 2. The lowest BCUT2D eigenvalue weighted by Crippen LogP contribution is -2.31. The van der Waals surface area contributed by atoms with Crippen LogP contribution < -0.4 is 15.4 Å². The smallest absolute Gasteiger partial charge is 0.278 e. The third kappa shape index (κ3) is 4.77. The van der Waals surface area contributed by atoms with Crippen LogP contribution in [0.3, 0.4) is 0 Å². The fourth-order valence-corrected chi connectivity index (χ4v) is 3.61. The van der Waals surface area contributed by atoms with Gasteiger partial charge in [0.25, 0.3) is 11.8 Å². The molecule has 0 atom stereocenters. The largest absolute Gasteiger partial charge is 0.497 e. The number of carbonyl (C=O) groups excluding carboxylic acids is 3. The highest BCUT2D eigenvalue weighted by atomic mass is 16.5. The monoisotopic (exact) mass is 441 g/mol. The van der Waals surface area contributed by atoms with Gasteiger partial charge in [-0.15, -0.1) is 0 Å². The predicted molar refractivity (Wildman–Crippen MR) is 126 cm³/mol. The minimum absolute atomic E-state index is 0.166. The number of rotatable bonds is 7. The van der Waals surface area contributed by atoms with E-state index < -0.39 is 5.91 Å². The number of ether oxygens (including phenoxy) is 1. The molecule has 7 heteroatoms. The second kappa shape index (κ2) is 9.40. The number of imide groups is 1. The molecule has 0 unspecified atom stereocenters. The van der Waals surface area contributed by atoms with Crippen molar-refractivity contribution in [2.24, 2.45) is 0 Å². The Morgan fingerprint density at radius 3 is 2.09 bits per heavy atom. The number of hydrogen-bond acceptors (Lipinski definition) is 5. The van der Waals surface area contributed by atoms with Gasteiger partial charge in [0.15, 0.2) is 0 Å². The first kappa shape index (κ1) is 21.8. The second-order valence-corrected chi connectivity index (χ2v) is 7.54. The van der Waals surface area contributed by atoms with Crippen LogP contribution in [0.25, 0.3) is 5.57 Å². The van der Waals surface area contributed by atoms with Gasteiger partial charge in [-0.05, 0) is 47.5 Å². The Morgan fingerprint density at radius 1 is 0.848 bits per heavy atom. The lowest BCUT2D eigenvalue weighted by molar-refractivity contribution is -0.137. The number of benzene rings is 3. The molecule has 3 aromatic carbocycles. The van der Waals surface area contributed by atoms with Gasteiger partial charge in [0.2, 0.25) is 5.91 Å². The molecule has 0 spiro atoms. The Labute approximate surface area is 191 Å². The van der Waals surface area contributed by atoms with E-state index in [1.807, 2.05) is 30.3 Å². The summed E-state index contributed by atoms with van der Waals surface area (Å²) < 4.78 is 5.19. The third-order valence-electron chi connectivity index (χ3n) is 5.20. The van der Waals surface area contributed by atoms with Gasteiger partial charge in [-0.1, -0.05) is 42.5 Å². The van der Waals surface area contributed by atoms with Gasteiger partial charge in [-0.3, -0.25) is 19.3 Å². The molecule has 0 fully saturated rings. The molecule has 1 heterocycles. The summed E-state index contributed by atoms with van der Waals surface area (Å²) in [5, 5.41) is 5.83. The zero-order valence-corrected chi connectivity index (χ0v) is 18.3. The van der Waals surface area contributed by atoms with Crippen LogP contribution >= 0.6 is 0 Å². The number of methoxy groups -OCH3 is 1. The number of carbonyl (C=O) groups is 3. The summed E-state index contributed by atoms with van der Waals surface area (Å²) in [6, 6.07) is 23.3. The Hall–Kier alpha value is -4.39. The van der Waals surface area contributed by atoms with Crippen molar-refractivity contribution in [1.29, 1.82) is 0 Å². The first-order valence-corrected chi connectivity index (χ1v) is 10.4. The fraction of sp³-hybridized carbons (Fsp3) is 0.115. The van der Waals surface area contributed by atoms with Crippen LogP contribution in [0.15, 0.2) is 84.6 Å². The van der Waals surface area contributed by atoms with E-state index in [1.54, 1.807) is 55.6 Å². The van der Waals surface area contributed by atoms with Gasteiger partial charge in [0.05, 0.1) is 19.2 Å². The molecule has 0 bridgehead atoms.